The number of fused-ring (bicyclic) bond motifs is 4. The Bertz CT molecular complexity index is 702. The van der Waals surface area contributed by atoms with Gasteiger partial charge in [0.15, 0.2) is 0 Å². The standard InChI is InChI=1S/C22H28O2/c1-5-24-19(23)12-18-21(4)11-10-17(20(21,2)3)22(18)13-15-8-6-7-9-16(15)14-22/h6-9,12,17H,5,10-11,13-14H2,1-4H3/b18-12+. The maximum Gasteiger partial charge on any atom is 0.330 e. The second-order valence-corrected chi connectivity index (χ2v) is 8.73. The number of hydrogen-bond acceptors (Lipinski definition) is 2. The minimum absolute atomic E-state index is 0.104. The molecule has 0 heterocycles. The first-order valence-electron chi connectivity index (χ1n) is 9.31. The molecule has 1 aromatic rings. The maximum absolute atomic E-state index is 12.3. The molecule has 4 rings (SSSR count). The van der Waals surface area contributed by atoms with Gasteiger partial charge < -0.3 is 4.74 Å². The SMILES string of the molecule is CCOC(=O)/C=C1/C2(Cc3ccccc3C2)C2CCC1(C)C2(C)C. The number of rotatable bonds is 2. The van der Waals surface area contributed by atoms with Gasteiger partial charge in [0, 0.05) is 11.5 Å². The number of esters is 1. The van der Waals surface area contributed by atoms with E-state index in [-0.39, 0.29) is 22.2 Å². The van der Waals surface area contributed by atoms with Crippen LogP contribution >= 0.6 is 0 Å². The number of hydrogen-bond donors (Lipinski definition) is 0. The number of carbonyl (C=O) groups is 1. The van der Waals surface area contributed by atoms with Crippen LogP contribution in [0.2, 0.25) is 0 Å². The molecule has 2 unspecified atom stereocenters. The monoisotopic (exact) mass is 324 g/mol. The van der Waals surface area contributed by atoms with Gasteiger partial charge in [-0.1, -0.05) is 45.0 Å². The van der Waals surface area contributed by atoms with E-state index in [4.69, 9.17) is 4.74 Å². The Morgan fingerprint density at radius 2 is 1.83 bits per heavy atom. The second-order valence-electron chi connectivity index (χ2n) is 8.73. The molecule has 0 aromatic heterocycles. The van der Waals surface area contributed by atoms with E-state index in [9.17, 15) is 4.79 Å². The minimum Gasteiger partial charge on any atom is -0.463 e. The first-order valence-corrected chi connectivity index (χ1v) is 9.31. The average Bonchev–Trinajstić information content (AvgIpc) is 3.04. The van der Waals surface area contributed by atoms with Crippen LogP contribution in [-0.2, 0) is 22.4 Å². The van der Waals surface area contributed by atoms with Gasteiger partial charge in [0.25, 0.3) is 0 Å². The van der Waals surface area contributed by atoms with Crippen molar-refractivity contribution in [2.45, 2.75) is 53.4 Å². The van der Waals surface area contributed by atoms with Gasteiger partial charge in [0.2, 0.25) is 0 Å². The van der Waals surface area contributed by atoms with Gasteiger partial charge >= 0.3 is 5.97 Å². The van der Waals surface area contributed by atoms with Gasteiger partial charge in [0.1, 0.15) is 0 Å². The topological polar surface area (TPSA) is 26.3 Å². The maximum atomic E-state index is 12.3. The molecule has 2 bridgehead atoms. The van der Waals surface area contributed by atoms with Crippen molar-refractivity contribution in [3.8, 4) is 0 Å². The van der Waals surface area contributed by atoms with Gasteiger partial charge in [-0.25, -0.2) is 4.79 Å². The summed E-state index contributed by atoms with van der Waals surface area (Å²) < 4.78 is 5.29. The summed E-state index contributed by atoms with van der Waals surface area (Å²) in [5.41, 5.74) is 4.76. The first-order chi connectivity index (χ1) is 11.3. The molecule has 1 spiro atoms. The van der Waals surface area contributed by atoms with Crippen LogP contribution in [0.25, 0.3) is 0 Å². The van der Waals surface area contributed by atoms with Gasteiger partial charge in [-0.3, -0.25) is 0 Å². The van der Waals surface area contributed by atoms with Gasteiger partial charge in [-0.2, -0.15) is 0 Å². The Kier molecular flexibility index (Phi) is 3.30. The predicted molar refractivity (Wildman–Crippen MR) is 95.6 cm³/mol. The molecular formula is C22H28O2. The van der Waals surface area contributed by atoms with Gasteiger partial charge in [-0.05, 0) is 66.1 Å². The fourth-order valence-electron chi connectivity index (χ4n) is 6.37. The molecule has 0 aliphatic heterocycles. The summed E-state index contributed by atoms with van der Waals surface area (Å²) >= 11 is 0. The smallest absolute Gasteiger partial charge is 0.330 e. The molecule has 2 atom stereocenters. The number of benzene rings is 1. The summed E-state index contributed by atoms with van der Waals surface area (Å²) in [6.45, 7) is 9.54. The van der Waals surface area contributed by atoms with Crippen LogP contribution in [-0.4, -0.2) is 12.6 Å². The zero-order valence-electron chi connectivity index (χ0n) is 15.3. The van der Waals surface area contributed by atoms with Crippen molar-refractivity contribution >= 4 is 5.97 Å². The Labute approximate surface area is 145 Å². The van der Waals surface area contributed by atoms with Crippen molar-refractivity contribution in [1.29, 1.82) is 0 Å². The van der Waals surface area contributed by atoms with E-state index in [1.165, 1.54) is 29.5 Å². The highest BCUT2D eigenvalue weighted by molar-refractivity contribution is 5.84. The Hall–Kier alpha value is -1.57. The molecule has 3 aliphatic rings. The van der Waals surface area contributed by atoms with Crippen LogP contribution in [0.5, 0.6) is 0 Å². The molecule has 2 fully saturated rings. The molecule has 0 N–H and O–H groups in total. The molecule has 0 saturated heterocycles. The van der Waals surface area contributed by atoms with E-state index < -0.39 is 0 Å². The number of allylic oxidation sites excluding steroid dienone is 1. The number of ether oxygens (including phenoxy) is 1. The molecular weight excluding hydrogens is 296 g/mol. The van der Waals surface area contributed by atoms with Crippen LogP contribution in [0.15, 0.2) is 35.9 Å². The molecule has 3 aliphatic carbocycles. The third kappa shape index (κ3) is 1.80. The van der Waals surface area contributed by atoms with E-state index in [0.717, 1.165) is 12.8 Å². The van der Waals surface area contributed by atoms with Crippen molar-refractivity contribution in [1.82, 2.24) is 0 Å². The highest BCUT2D eigenvalue weighted by atomic mass is 16.5. The molecule has 2 heteroatoms. The Morgan fingerprint density at radius 1 is 1.21 bits per heavy atom. The normalized spacial score (nSPS) is 33.2. The summed E-state index contributed by atoms with van der Waals surface area (Å²) in [6, 6.07) is 8.83. The van der Waals surface area contributed by atoms with E-state index in [1.54, 1.807) is 0 Å². The second kappa shape index (κ2) is 4.97. The third-order valence-electron chi connectivity index (χ3n) is 7.70. The van der Waals surface area contributed by atoms with E-state index in [2.05, 4.69) is 45.0 Å². The number of carbonyl (C=O) groups excluding carboxylic acids is 1. The van der Waals surface area contributed by atoms with Crippen molar-refractivity contribution in [3.63, 3.8) is 0 Å². The van der Waals surface area contributed by atoms with Crippen LogP contribution < -0.4 is 0 Å². The molecule has 2 nitrogen and oxygen atoms in total. The van der Waals surface area contributed by atoms with Gasteiger partial charge in [0.05, 0.1) is 6.61 Å². The lowest BCUT2D eigenvalue weighted by Gasteiger charge is -2.39. The van der Waals surface area contributed by atoms with Crippen molar-refractivity contribution < 1.29 is 9.53 Å². The predicted octanol–water partition coefficient (Wildman–Crippen LogP) is 4.72. The Morgan fingerprint density at radius 3 is 2.42 bits per heavy atom. The van der Waals surface area contributed by atoms with Crippen LogP contribution in [0, 0.1) is 22.2 Å². The highest BCUT2D eigenvalue weighted by Crippen LogP contribution is 2.77. The molecule has 2 saturated carbocycles. The van der Waals surface area contributed by atoms with Crippen LogP contribution in [0.3, 0.4) is 0 Å². The van der Waals surface area contributed by atoms with Crippen LogP contribution in [0.1, 0.15) is 51.7 Å². The largest absolute Gasteiger partial charge is 0.463 e. The molecule has 24 heavy (non-hydrogen) atoms. The zero-order valence-corrected chi connectivity index (χ0v) is 15.3. The fourth-order valence-corrected chi connectivity index (χ4v) is 6.37. The van der Waals surface area contributed by atoms with Crippen molar-refractivity contribution in [2.24, 2.45) is 22.2 Å². The summed E-state index contributed by atoms with van der Waals surface area (Å²) in [4.78, 5) is 12.3. The lowest BCUT2D eigenvalue weighted by molar-refractivity contribution is -0.137. The van der Waals surface area contributed by atoms with E-state index >= 15 is 0 Å². The third-order valence-corrected chi connectivity index (χ3v) is 7.70. The molecule has 128 valence electrons. The summed E-state index contributed by atoms with van der Waals surface area (Å²) in [5.74, 6) is 0.482. The Balaban J connectivity index is 1.85. The zero-order chi connectivity index (χ0) is 17.2. The van der Waals surface area contributed by atoms with E-state index in [0.29, 0.717) is 12.5 Å². The fraction of sp³-hybridized carbons (Fsp3) is 0.591. The highest BCUT2D eigenvalue weighted by Gasteiger charge is 2.70. The summed E-state index contributed by atoms with van der Waals surface area (Å²) in [7, 11) is 0. The summed E-state index contributed by atoms with van der Waals surface area (Å²) in [6.07, 6.45) is 6.50. The van der Waals surface area contributed by atoms with E-state index in [1.807, 2.05) is 13.0 Å². The summed E-state index contributed by atoms with van der Waals surface area (Å²) in [5, 5.41) is 0. The van der Waals surface area contributed by atoms with Gasteiger partial charge in [-0.15, -0.1) is 0 Å². The minimum atomic E-state index is -0.160. The van der Waals surface area contributed by atoms with Crippen molar-refractivity contribution in [2.75, 3.05) is 6.61 Å². The molecule has 0 radical (unpaired) electrons. The molecule has 1 aromatic carbocycles. The van der Waals surface area contributed by atoms with Crippen LogP contribution in [0.4, 0.5) is 0 Å². The average molecular weight is 324 g/mol. The molecule has 0 amide bonds. The quantitative estimate of drug-likeness (QED) is 0.581. The lowest BCUT2D eigenvalue weighted by Crippen LogP contribution is -2.34. The first kappa shape index (κ1) is 15.9. The lowest BCUT2D eigenvalue weighted by atomic mass is 9.64. The van der Waals surface area contributed by atoms with Crippen molar-refractivity contribution in [3.05, 3.63) is 47.0 Å².